The number of Topliss-reactive ketones (excluding diaryl/α,β-unsaturated/α-hetero) is 1. The molecule has 1 aliphatic heterocycles. The number of ketones is 1. The number of furan rings is 1. The van der Waals surface area contributed by atoms with E-state index in [0.717, 1.165) is 12.8 Å². The molecular formula is C13H18O4S. The lowest BCUT2D eigenvalue weighted by Crippen LogP contribution is -2.12. The van der Waals surface area contributed by atoms with Crippen LogP contribution in [0.1, 0.15) is 72.2 Å². The van der Waals surface area contributed by atoms with E-state index in [9.17, 15) is 13.2 Å². The molecule has 1 aromatic rings. The summed E-state index contributed by atoms with van der Waals surface area (Å²) in [5, 5.41) is -1.13. The highest BCUT2D eigenvalue weighted by Gasteiger charge is 2.46. The number of unbranched alkanes of at least 4 members (excludes halogenated alkanes) is 1. The molecule has 4 nitrogen and oxygen atoms in total. The van der Waals surface area contributed by atoms with Crippen molar-refractivity contribution >= 4 is 15.6 Å². The van der Waals surface area contributed by atoms with Crippen molar-refractivity contribution in [3.05, 3.63) is 23.2 Å². The standard InChI is InChI=1S/C13H18O4S/c1-4-5-6-11-12-10(9(3)18(11,15)16)7-17-13(12)8(2)14/h7,9,11H,4-6H2,1-3H3/t9-,11-/m0/s1. The van der Waals surface area contributed by atoms with Gasteiger partial charge in [-0.3, -0.25) is 4.79 Å². The zero-order valence-corrected chi connectivity index (χ0v) is 11.7. The minimum absolute atomic E-state index is 0.206. The van der Waals surface area contributed by atoms with Crippen LogP contribution in [-0.2, 0) is 9.84 Å². The molecule has 2 rings (SSSR count). The summed E-state index contributed by atoms with van der Waals surface area (Å²) in [5.41, 5.74) is 1.28. The number of sulfone groups is 1. The molecule has 2 atom stereocenters. The normalized spacial score (nSPS) is 25.1. The first-order chi connectivity index (χ1) is 8.41. The molecule has 0 radical (unpaired) electrons. The Kier molecular flexibility index (Phi) is 3.36. The van der Waals surface area contributed by atoms with Gasteiger partial charge in [-0.1, -0.05) is 19.8 Å². The minimum Gasteiger partial charge on any atom is -0.461 e. The molecule has 0 fully saturated rings. The van der Waals surface area contributed by atoms with Gasteiger partial charge in [0.25, 0.3) is 0 Å². The van der Waals surface area contributed by atoms with Gasteiger partial charge in [-0.05, 0) is 13.3 Å². The van der Waals surface area contributed by atoms with Crippen LogP contribution >= 0.6 is 0 Å². The maximum absolute atomic E-state index is 12.3. The van der Waals surface area contributed by atoms with Crippen molar-refractivity contribution in [1.29, 1.82) is 0 Å². The van der Waals surface area contributed by atoms with Gasteiger partial charge in [-0.25, -0.2) is 8.42 Å². The second kappa shape index (κ2) is 4.53. The molecule has 0 unspecified atom stereocenters. The topological polar surface area (TPSA) is 64.3 Å². The lowest BCUT2D eigenvalue weighted by molar-refractivity contribution is 0.0986. The van der Waals surface area contributed by atoms with Gasteiger partial charge < -0.3 is 4.42 Å². The lowest BCUT2D eigenvalue weighted by Gasteiger charge is -2.12. The SMILES string of the molecule is CCCC[C@H]1c2c(coc2C(C)=O)[C@H](C)S1(=O)=O. The molecule has 0 amide bonds. The minimum atomic E-state index is -3.22. The third-order valence-electron chi connectivity index (χ3n) is 3.65. The summed E-state index contributed by atoms with van der Waals surface area (Å²) in [6, 6.07) is 0. The number of hydrogen-bond acceptors (Lipinski definition) is 4. The quantitative estimate of drug-likeness (QED) is 0.788. The van der Waals surface area contributed by atoms with Crippen molar-refractivity contribution in [2.45, 2.75) is 50.5 Å². The highest BCUT2D eigenvalue weighted by Crippen LogP contribution is 2.49. The maximum Gasteiger partial charge on any atom is 0.195 e. The summed E-state index contributed by atoms with van der Waals surface area (Å²) in [4.78, 5) is 11.5. The maximum atomic E-state index is 12.3. The average molecular weight is 270 g/mol. The second-order valence-electron chi connectivity index (χ2n) is 4.85. The van der Waals surface area contributed by atoms with Gasteiger partial charge in [0, 0.05) is 18.1 Å². The molecule has 0 N–H and O–H groups in total. The van der Waals surface area contributed by atoms with E-state index in [0.29, 0.717) is 17.5 Å². The van der Waals surface area contributed by atoms with Gasteiger partial charge >= 0.3 is 0 Å². The van der Waals surface area contributed by atoms with Crippen molar-refractivity contribution in [2.75, 3.05) is 0 Å². The highest BCUT2D eigenvalue weighted by atomic mass is 32.2. The third kappa shape index (κ3) is 1.81. The van der Waals surface area contributed by atoms with Gasteiger partial charge in [0.05, 0.1) is 16.8 Å². The van der Waals surface area contributed by atoms with Crippen LogP contribution in [0.5, 0.6) is 0 Å². The van der Waals surface area contributed by atoms with E-state index in [4.69, 9.17) is 4.42 Å². The smallest absolute Gasteiger partial charge is 0.195 e. The van der Waals surface area contributed by atoms with Crippen molar-refractivity contribution in [3.63, 3.8) is 0 Å². The van der Waals surface area contributed by atoms with E-state index < -0.39 is 20.3 Å². The molecule has 0 aromatic carbocycles. The fraction of sp³-hybridized carbons (Fsp3) is 0.615. The molecule has 1 aliphatic rings. The first kappa shape index (κ1) is 13.3. The second-order valence-corrected chi connectivity index (χ2v) is 7.31. The summed E-state index contributed by atoms with van der Waals surface area (Å²) >= 11 is 0. The number of carbonyl (C=O) groups excluding carboxylic acids is 1. The predicted molar refractivity (Wildman–Crippen MR) is 68.3 cm³/mol. The first-order valence-corrected chi connectivity index (χ1v) is 7.87. The van der Waals surface area contributed by atoms with Gasteiger partial charge in [0.15, 0.2) is 21.4 Å². The summed E-state index contributed by atoms with van der Waals surface area (Å²) in [6.45, 7) is 5.10. The van der Waals surface area contributed by atoms with Gasteiger partial charge in [-0.2, -0.15) is 0 Å². The monoisotopic (exact) mass is 270 g/mol. The van der Waals surface area contributed by atoms with Crippen LogP contribution in [0.3, 0.4) is 0 Å². The van der Waals surface area contributed by atoms with Crippen LogP contribution in [0.2, 0.25) is 0 Å². The van der Waals surface area contributed by atoms with Crippen LogP contribution in [0.15, 0.2) is 10.7 Å². The Morgan fingerprint density at radius 3 is 2.67 bits per heavy atom. The average Bonchev–Trinajstić information content (AvgIpc) is 2.78. The van der Waals surface area contributed by atoms with E-state index in [-0.39, 0.29) is 11.5 Å². The molecular weight excluding hydrogens is 252 g/mol. The molecule has 2 heterocycles. The zero-order chi connectivity index (χ0) is 13.5. The van der Waals surface area contributed by atoms with Crippen LogP contribution in [0.4, 0.5) is 0 Å². The Morgan fingerprint density at radius 1 is 1.44 bits per heavy atom. The molecule has 0 saturated carbocycles. The third-order valence-corrected chi connectivity index (χ3v) is 6.15. The Balaban J connectivity index is 2.53. The number of hydrogen-bond donors (Lipinski definition) is 0. The van der Waals surface area contributed by atoms with E-state index in [1.165, 1.54) is 13.2 Å². The van der Waals surface area contributed by atoms with Gasteiger partial charge in [0.2, 0.25) is 0 Å². The number of fused-ring (bicyclic) bond motifs is 1. The van der Waals surface area contributed by atoms with E-state index >= 15 is 0 Å². The fourth-order valence-corrected chi connectivity index (χ4v) is 4.68. The summed E-state index contributed by atoms with van der Waals surface area (Å²) < 4.78 is 29.9. The van der Waals surface area contributed by atoms with Gasteiger partial charge in [0.1, 0.15) is 0 Å². The van der Waals surface area contributed by atoms with Crippen LogP contribution in [0.25, 0.3) is 0 Å². The van der Waals surface area contributed by atoms with Crippen LogP contribution in [0, 0.1) is 0 Å². The molecule has 0 spiro atoms. The molecule has 0 aliphatic carbocycles. The Hall–Kier alpha value is -1.10. The van der Waals surface area contributed by atoms with E-state index in [2.05, 4.69) is 0 Å². The number of rotatable bonds is 4. The summed E-state index contributed by atoms with van der Waals surface area (Å²) in [5.74, 6) is 0.0149. The van der Waals surface area contributed by atoms with Crippen molar-refractivity contribution in [1.82, 2.24) is 0 Å². The Morgan fingerprint density at radius 2 is 2.11 bits per heavy atom. The Bertz CT molecular complexity index is 568. The molecule has 1 aromatic heterocycles. The van der Waals surface area contributed by atoms with Crippen molar-refractivity contribution in [3.8, 4) is 0 Å². The first-order valence-electron chi connectivity index (χ1n) is 6.26. The molecule has 0 saturated heterocycles. The highest BCUT2D eigenvalue weighted by molar-refractivity contribution is 7.92. The fourth-order valence-electron chi connectivity index (χ4n) is 2.59. The summed E-state index contributed by atoms with van der Waals surface area (Å²) in [7, 11) is -3.22. The van der Waals surface area contributed by atoms with E-state index in [1.54, 1.807) is 6.92 Å². The molecule has 0 bridgehead atoms. The predicted octanol–water partition coefficient (Wildman–Crippen LogP) is 3.20. The van der Waals surface area contributed by atoms with Crippen molar-refractivity contribution < 1.29 is 17.6 Å². The number of carbonyl (C=O) groups is 1. The summed E-state index contributed by atoms with van der Waals surface area (Å²) in [6.07, 6.45) is 3.76. The lowest BCUT2D eigenvalue weighted by atomic mass is 10.0. The molecule has 100 valence electrons. The van der Waals surface area contributed by atoms with E-state index in [1.807, 2.05) is 6.92 Å². The largest absolute Gasteiger partial charge is 0.461 e. The zero-order valence-electron chi connectivity index (χ0n) is 10.9. The van der Waals surface area contributed by atoms with Crippen LogP contribution < -0.4 is 0 Å². The Labute approximate surface area is 107 Å². The molecule has 5 heteroatoms. The molecule has 18 heavy (non-hydrogen) atoms. The van der Waals surface area contributed by atoms with Gasteiger partial charge in [-0.15, -0.1) is 0 Å². The van der Waals surface area contributed by atoms with Crippen molar-refractivity contribution in [2.24, 2.45) is 0 Å². The van der Waals surface area contributed by atoms with Crippen LogP contribution in [-0.4, -0.2) is 14.2 Å².